The molecule has 1 amide bonds. The van der Waals surface area contributed by atoms with Crippen LogP contribution in [0.15, 0.2) is 29.6 Å². The number of thiazole rings is 1. The van der Waals surface area contributed by atoms with Gasteiger partial charge in [0.15, 0.2) is 0 Å². The van der Waals surface area contributed by atoms with Crippen molar-refractivity contribution in [2.75, 3.05) is 25.0 Å². The number of hydrogen-bond acceptors (Lipinski definition) is 5. The lowest BCUT2D eigenvalue weighted by atomic mass is 10.1. The normalized spacial score (nSPS) is 17.3. The standard InChI is InChI=1S/C17H21N3O2S/c1-12-19-16(11-23-12)13-4-2-5-14(8-13)20-17(21)10-18-9-15-6-3-7-22-15/h2,4-5,8,11,15,18H,3,6-7,9-10H2,1H3,(H,20,21). The summed E-state index contributed by atoms with van der Waals surface area (Å²) < 4.78 is 5.52. The zero-order valence-corrected chi connectivity index (χ0v) is 14.0. The molecule has 3 rings (SSSR count). The van der Waals surface area contributed by atoms with E-state index in [0.29, 0.717) is 6.54 Å². The SMILES string of the molecule is Cc1nc(-c2cccc(NC(=O)CNCC3CCCO3)c2)cs1. The predicted molar refractivity (Wildman–Crippen MR) is 92.8 cm³/mol. The second kappa shape index (κ2) is 7.68. The molecule has 2 heterocycles. The van der Waals surface area contributed by atoms with Gasteiger partial charge in [0.05, 0.1) is 23.4 Å². The van der Waals surface area contributed by atoms with E-state index >= 15 is 0 Å². The minimum Gasteiger partial charge on any atom is -0.377 e. The number of benzene rings is 1. The summed E-state index contributed by atoms with van der Waals surface area (Å²) in [6.07, 6.45) is 2.43. The van der Waals surface area contributed by atoms with Crippen molar-refractivity contribution in [2.24, 2.45) is 0 Å². The van der Waals surface area contributed by atoms with Crippen molar-refractivity contribution in [1.82, 2.24) is 10.3 Å². The van der Waals surface area contributed by atoms with Gasteiger partial charge in [0.25, 0.3) is 0 Å². The summed E-state index contributed by atoms with van der Waals surface area (Å²) in [5, 5.41) is 9.13. The number of carbonyl (C=O) groups is 1. The van der Waals surface area contributed by atoms with Gasteiger partial charge in [-0.15, -0.1) is 11.3 Å². The molecule has 0 aliphatic carbocycles. The van der Waals surface area contributed by atoms with Crippen molar-refractivity contribution in [1.29, 1.82) is 0 Å². The molecule has 122 valence electrons. The quantitative estimate of drug-likeness (QED) is 0.854. The number of hydrogen-bond donors (Lipinski definition) is 2. The first kappa shape index (κ1) is 16.1. The van der Waals surface area contributed by atoms with Gasteiger partial charge >= 0.3 is 0 Å². The van der Waals surface area contributed by atoms with Crippen molar-refractivity contribution in [3.05, 3.63) is 34.7 Å². The number of ether oxygens (including phenoxy) is 1. The molecule has 1 aliphatic rings. The first-order valence-corrected chi connectivity index (χ1v) is 8.73. The molecule has 1 unspecified atom stereocenters. The molecule has 1 atom stereocenters. The molecule has 0 bridgehead atoms. The van der Waals surface area contributed by atoms with E-state index in [1.165, 1.54) is 0 Å². The Morgan fingerprint density at radius 3 is 3.13 bits per heavy atom. The molecular formula is C17H21N3O2S. The third-order valence-electron chi connectivity index (χ3n) is 3.74. The number of rotatable bonds is 6. The molecule has 1 aliphatic heterocycles. The molecular weight excluding hydrogens is 310 g/mol. The Hall–Kier alpha value is -1.76. The first-order valence-electron chi connectivity index (χ1n) is 7.85. The topological polar surface area (TPSA) is 63.2 Å². The summed E-state index contributed by atoms with van der Waals surface area (Å²) >= 11 is 1.62. The van der Waals surface area contributed by atoms with Crippen LogP contribution in [0.3, 0.4) is 0 Å². The van der Waals surface area contributed by atoms with Gasteiger partial charge in [-0.1, -0.05) is 12.1 Å². The smallest absolute Gasteiger partial charge is 0.238 e. The first-order chi connectivity index (χ1) is 11.2. The molecule has 0 saturated carbocycles. The molecule has 1 saturated heterocycles. The van der Waals surface area contributed by atoms with Gasteiger partial charge in [-0.05, 0) is 31.9 Å². The minimum absolute atomic E-state index is 0.0467. The lowest BCUT2D eigenvalue weighted by Gasteiger charge is -2.11. The zero-order valence-electron chi connectivity index (χ0n) is 13.2. The second-order valence-corrected chi connectivity index (χ2v) is 6.71. The van der Waals surface area contributed by atoms with Crippen LogP contribution in [0.4, 0.5) is 5.69 Å². The summed E-state index contributed by atoms with van der Waals surface area (Å²) in [4.78, 5) is 16.5. The van der Waals surface area contributed by atoms with Crippen LogP contribution >= 0.6 is 11.3 Å². The van der Waals surface area contributed by atoms with Crippen LogP contribution in [0, 0.1) is 6.92 Å². The highest BCUT2D eigenvalue weighted by Crippen LogP contribution is 2.24. The zero-order chi connectivity index (χ0) is 16.1. The Morgan fingerprint density at radius 1 is 1.48 bits per heavy atom. The fourth-order valence-corrected chi connectivity index (χ4v) is 3.23. The largest absolute Gasteiger partial charge is 0.377 e. The van der Waals surface area contributed by atoms with E-state index < -0.39 is 0 Å². The summed E-state index contributed by atoms with van der Waals surface area (Å²) in [5.74, 6) is -0.0467. The van der Waals surface area contributed by atoms with Crippen molar-refractivity contribution in [3.8, 4) is 11.3 Å². The van der Waals surface area contributed by atoms with Crippen LogP contribution in [0.5, 0.6) is 0 Å². The van der Waals surface area contributed by atoms with Crippen molar-refractivity contribution in [2.45, 2.75) is 25.9 Å². The summed E-state index contributed by atoms with van der Waals surface area (Å²) in [5.41, 5.74) is 2.75. The maximum atomic E-state index is 12.0. The molecule has 0 radical (unpaired) electrons. The number of aryl methyl sites for hydroxylation is 1. The van der Waals surface area contributed by atoms with Gasteiger partial charge in [0, 0.05) is 29.8 Å². The lowest BCUT2D eigenvalue weighted by molar-refractivity contribution is -0.115. The number of aromatic nitrogens is 1. The molecule has 2 N–H and O–H groups in total. The Bertz CT molecular complexity index is 665. The van der Waals surface area contributed by atoms with E-state index in [-0.39, 0.29) is 12.0 Å². The fourth-order valence-electron chi connectivity index (χ4n) is 2.61. The predicted octanol–water partition coefficient (Wildman–Crippen LogP) is 2.83. The summed E-state index contributed by atoms with van der Waals surface area (Å²) in [7, 11) is 0. The average Bonchev–Trinajstić information content (AvgIpc) is 3.19. The highest BCUT2D eigenvalue weighted by atomic mass is 32.1. The van der Waals surface area contributed by atoms with Crippen LogP contribution in [0.2, 0.25) is 0 Å². The van der Waals surface area contributed by atoms with E-state index in [0.717, 1.165) is 47.9 Å². The lowest BCUT2D eigenvalue weighted by Crippen LogP contribution is -2.33. The van der Waals surface area contributed by atoms with Crippen LogP contribution < -0.4 is 10.6 Å². The van der Waals surface area contributed by atoms with Gasteiger partial charge in [-0.25, -0.2) is 4.98 Å². The highest BCUT2D eigenvalue weighted by molar-refractivity contribution is 7.09. The maximum absolute atomic E-state index is 12.0. The molecule has 1 fully saturated rings. The van der Waals surface area contributed by atoms with Crippen LogP contribution in [0.25, 0.3) is 11.3 Å². The Morgan fingerprint density at radius 2 is 2.39 bits per heavy atom. The van der Waals surface area contributed by atoms with E-state index in [9.17, 15) is 4.79 Å². The third kappa shape index (κ3) is 4.60. The van der Waals surface area contributed by atoms with Crippen LogP contribution in [-0.4, -0.2) is 36.7 Å². The van der Waals surface area contributed by atoms with E-state index in [1.807, 2.05) is 36.6 Å². The molecule has 0 spiro atoms. The van der Waals surface area contributed by atoms with Crippen LogP contribution in [-0.2, 0) is 9.53 Å². The Labute approximate surface area is 140 Å². The number of carbonyl (C=O) groups excluding carboxylic acids is 1. The highest BCUT2D eigenvalue weighted by Gasteiger charge is 2.15. The van der Waals surface area contributed by atoms with Gasteiger partial charge in [0.2, 0.25) is 5.91 Å². The number of nitrogens with one attached hydrogen (secondary N) is 2. The van der Waals surface area contributed by atoms with Gasteiger partial charge in [-0.2, -0.15) is 0 Å². The van der Waals surface area contributed by atoms with Gasteiger partial charge in [0.1, 0.15) is 0 Å². The molecule has 5 nitrogen and oxygen atoms in total. The summed E-state index contributed by atoms with van der Waals surface area (Å²) in [6.45, 7) is 3.84. The van der Waals surface area contributed by atoms with E-state index in [4.69, 9.17) is 4.74 Å². The third-order valence-corrected chi connectivity index (χ3v) is 4.52. The Balaban J connectivity index is 1.51. The number of anilines is 1. The minimum atomic E-state index is -0.0467. The average molecular weight is 331 g/mol. The van der Waals surface area contributed by atoms with Gasteiger partial charge in [-0.3, -0.25) is 4.79 Å². The summed E-state index contributed by atoms with van der Waals surface area (Å²) in [6, 6.07) is 7.77. The molecule has 6 heteroatoms. The van der Waals surface area contributed by atoms with Crippen molar-refractivity contribution in [3.63, 3.8) is 0 Å². The maximum Gasteiger partial charge on any atom is 0.238 e. The molecule has 1 aromatic heterocycles. The van der Waals surface area contributed by atoms with E-state index in [1.54, 1.807) is 11.3 Å². The number of nitrogens with zero attached hydrogens (tertiary/aromatic N) is 1. The number of amides is 1. The molecule has 2 aromatic rings. The van der Waals surface area contributed by atoms with Crippen LogP contribution in [0.1, 0.15) is 17.8 Å². The van der Waals surface area contributed by atoms with E-state index in [2.05, 4.69) is 15.6 Å². The Kier molecular flexibility index (Phi) is 5.38. The molecule has 23 heavy (non-hydrogen) atoms. The monoisotopic (exact) mass is 331 g/mol. The molecule has 1 aromatic carbocycles. The van der Waals surface area contributed by atoms with Gasteiger partial charge < -0.3 is 15.4 Å². The second-order valence-electron chi connectivity index (χ2n) is 5.65. The van der Waals surface area contributed by atoms with Crippen molar-refractivity contribution >= 4 is 22.9 Å². The van der Waals surface area contributed by atoms with Crippen molar-refractivity contribution < 1.29 is 9.53 Å². The fraction of sp³-hybridized carbons (Fsp3) is 0.412.